The van der Waals surface area contributed by atoms with Crippen molar-refractivity contribution >= 4 is 5.97 Å². The number of carbonyl (C=O) groups is 1. The van der Waals surface area contributed by atoms with Gasteiger partial charge in [-0.2, -0.15) is 0 Å². The molecule has 0 aromatic heterocycles. The number of carbonyl (C=O) groups excluding carboxylic acids is 1. The molecule has 4 N–H and O–H groups in total. The van der Waals surface area contributed by atoms with Crippen molar-refractivity contribution in [2.75, 3.05) is 6.54 Å². The fourth-order valence-electron chi connectivity index (χ4n) is 1.57. The maximum absolute atomic E-state index is 11.6. The third-order valence-electron chi connectivity index (χ3n) is 2.77. The van der Waals surface area contributed by atoms with E-state index in [-0.39, 0.29) is 12.6 Å². The predicted molar refractivity (Wildman–Crippen MR) is 71.9 cm³/mol. The highest BCUT2D eigenvalue weighted by Gasteiger charge is 2.14. The van der Waals surface area contributed by atoms with E-state index in [1.165, 1.54) is 5.56 Å². The van der Waals surface area contributed by atoms with Gasteiger partial charge in [0, 0.05) is 0 Å². The Kier molecular flexibility index (Phi) is 6.39. The van der Waals surface area contributed by atoms with Crippen LogP contribution in [0.3, 0.4) is 0 Å². The third kappa shape index (κ3) is 5.29. The van der Waals surface area contributed by atoms with Crippen molar-refractivity contribution in [2.45, 2.75) is 38.8 Å². The molecule has 0 saturated carbocycles. The molecule has 4 heteroatoms. The van der Waals surface area contributed by atoms with Crippen LogP contribution in [0.4, 0.5) is 0 Å². The van der Waals surface area contributed by atoms with Gasteiger partial charge in [0.15, 0.2) is 0 Å². The molecule has 0 heterocycles. The molecule has 0 unspecified atom stereocenters. The van der Waals surface area contributed by atoms with E-state index in [1.807, 2.05) is 31.2 Å². The van der Waals surface area contributed by atoms with E-state index in [0.717, 1.165) is 18.4 Å². The zero-order chi connectivity index (χ0) is 13.4. The fourth-order valence-corrected chi connectivity index (χ4v) is 1.57. The largest absolute Gasteiger partial charge is 0.460 e. The second-order valence-electron chi connectivity index (χ2n) is 4.48. The summed E-state index contributed by atoms with van der Waals surface area (Å²) in [6.45, 7) is 2.93. The van der Waals surface area contributed by atoms with Crippen molar-refractivity contribution in [3.63, 3.8) is 0 Å². The van der Waals surface area contributed by atoms with Gasteiger partial charge < -0.3 is 16.2 Å². The quantitative estimate of drug-likeness (QED) is 0.567. The van der Waals surface area contributed by atoms with Crippen LogP contribution >= 0.6 is 0 Å². The number of benzene rings is 1. The van der Waals surface area contributed by atoms with Crippen LogP contribution in [0.1, 0.15) is 30.4 Å². The molecule has 0 aliphatic heterocycles. The topological polar surface area (TPSA) is 78.3 Å². The van der Waals surface area contributed by atoms with Crippen molar-refractivity contribution in [3.8, 4) is 0 Å². The van der Waals surface area contributed by atoms with Gasteiger partial charge in [-0.25, -0.2) is 0 Å². The summed E-state index contributed by atoms with van der Waals surface area (Å²) in [5, 5.41) is 0. The standard InChI is InChI=1S/C14H22N2O2/c1-11-5-7-12(8-6-11)10-18-14(17)13(16)4-2-3-9-15/h5-8,13H,2-4,9-10,15-16H2,1H3/t13-/m0/s1. The van der Waals surface area contributed by atoms with Crippen molar-refractivity contribution < 1.29 is 9.53 Å². The summed E-state index contributed by atoms with van der Waals surface area (Å²) in [6.07, 6.45) is 2.38. The fraction of sp³-hybridized carbons (Fsp3) is 0.500. The Balaban J connectivity index is 2.29. The number of ether oxygens (including phenoxy) is 1. The van der Waals surface area contributed by atoms with Crippen LogP contribution in [-0.4, -0.2) is 18.6 Å². The van der Waals surface area contributed by atoms with E-state index in [0.29, 0.717) is 13.0 Å². The number of rotatable bonds is 7. The van der Waals surface area contributed by atoms with E-state index in [1.54, 1.807) is 0 Å². The molecule has 1 atom stereocenters. The minimum absolute atomic E-state index is 0.281. The maximum atomic E-state index is 11.6. The number of hydrogen-bond acceptors (Lipinski definition) is 4. The molecule has 0 bridgehead atoms. The van der Waals surface area contributed by atoms with Crippen LogP contribution in [0.15, 0.2) is 24.3 Å². The Hall–Kier alpha value is -1.39. The summed E-state index contributed by atoms with van der Waals surface area (Å²) in [7, 11) is 0. The molecule has 0 amide bonds. The van der Waals surface area contributed by atoms with E-state index >= 15 is 0 Å². The average Bonchev–Trinajstić information content (AvgIpc) is 2.38. The molecule has 1 aromatic rings. The molecule has 100 valence electrons. The molecule has 0 aliphatic rings. The van der Waals surface area contributed by atoms with Gasteiger partial charge in [0.1, 0.15) is 12.6 Å². The first kappa shape index (κ1) is 14.7. The van der Waals surface area contributed by atoms with Gasteiger partial charge >= 0.3 is 5.97 Å². The first-order valence-electron chi connectivity index (χ1n) is 6.31. The van der Waals surface area contributed by atoms with E-state index in [9.17, 15) is 4.79 Å². The highest BCUT2D eigenvalue weighted by atomic mass is 16.5. The van der Waals surface area contributed by atoms with Gasteiger partial charge in [-0.1, -0.05) is 36.2 Å². The van der Waals surface area contributed by atoms with Crippen LogP contribution in [-0.2, 0) is 16.1 Å². The molecule has 1 aromatic carbocycles. The molecule has 1 rings (SSSR count). The summed E-state index contributed by atoms with van der Waals surface area (Å²) in [6, 6.07) is 7.33. The molecule has 0 radical (unpaired) electrons. The van der Waals surface area contributed by atoms with Gasteiger partial charge in [0.05, 0.1) is 0 Å². The first-order valence-corrected chi connectivity index (χ1v) is 6.31. The Bertz CT molecular complexity index is 363. The van der Waals surface area contributed by atoms with Crippen molar-refractivity contribution in [3.05, 3.63) is 35.4 Å². The average molecular weight is 250 g/mol. The molecule has 18 heavy (non-hydrogen) atoms. The van der Waals surface area contributed by atoms with Gasteiger partial charge in [-0.15, -0.1) is 0 Å². The van der Waals surface area contributed by atoms with Crippen LogP contribution < -0.4 is 11.5 Å². The summed E-state index contributed by atoms with van der Waals surface area (Å²) in [5.41, 5.74) is 13.3. The predicted octanol–water partition coefficient (Wildman–Crippen LogP) is 1.49. The Morgan fingerprint density at radius 2 is 1.94 bits per heavy atom. The molecule has 4 nitrogen and oxygen atoms in total. The highest BCUT2D eigenvalue weighted by molar-refractivity contribution is 5.75. The van der Waals surface area contributed by atoms with Crippen LogP contribution in [0.5, 0.6) is 0 Å². The number of aryl methyl sites for hydroxylation is 1. The molecular formula is C14H22N2O2. The Morgan fingerprint density at radius 1 is 1.28 bits per heavy atom. The first-order chi connectivity index (χ1) is 8.63. The second kappa shape index (κ2) is 7.84. The van der Waals surface area contributed by atoms with Gasteiger partial charge in [0.25, 0.3) is 0 Å². The lowest BCUT2D eigenvalue weighted by atomic mass is 10.1. The highest BCUT2D eigenvalue weighted by Crippen LogP contribution is 2.06. The molecule has 0 spiro atoms. The van der Waals surface area contributed by atoms with Crippen LogP contribution in [0, 0.1) is 6.92 Å². The smallest absolute Gasteiger partial charge is 0.323 e. The summed E-state index contributed by atoms with van der Waals surface area (Å²) in [4.78, 5) is 11.6. The molecule has 0 fully saturated rings. The lowest BCUT2D eigenvalue weighted by Gasteiger charge is -2.11. The number of unbranched alkanes of at least 4 members (excludes halogenated alkanes) is 1. The maximum Gasteiger partial charge on any atom is 0.323 e. The minimum Gasteiger partial charge on any atom is -0.460 e. The van der Waals surface area contributed by atoms with Crippen LogP contribution in [0.2, 0.25) is 0 Å². The summed E-state index contributed by atoms with van der Waals surface area (Å²) >= 11 is 0. The van der Waals surface area contributed by atoms with Gasteiger partial charge in [-0.3, -0.25) is 4.79 Å². The number of nitrogens with two attached hydrogens (primary N) is 2. The van der Waals surface area contributed by atoms with E-state index in [2.05, 4.69) is 0 Å². The van der Waals surface area contributed by atoms with Crippen molar-refractivity contribution in [2.24, 2.45) is 11.5 Å². The number of esters is 1. The monoisotopic (exact) mass is 250 g/mol. The molecular weight excluding hydrogens is 228 g/mol. The lowest BCUT2D eigenvalue weighted by molar-refractivity contribution is -0.146. The molecule has 0 aliphatic carbocycles. The lowest BCUT2D eigenvalue weighted by Crippen LogP contribution is -2.32. The Morgan fingerprint density at radius 3 is 2.56 bits per heavy atom. The van der Waals surface area contributed by atoms with Gasteiger partial charge in [-0.05, 0) is 31.9 Å². The van der Waals surface area contributed by atoms with Crippen molar-refractivity contribution in [1.29, 1.82) is 0 Å². The SMILES string of the molecule is Cc1ccc(COC(=O)[C@@H](N)CCCCN)cc1. The van der Waals surface area contributed by atoms with Crippen molar-refractivity contribution in [1.82, 2.24) is 0 Å². The zero-order valence-corrected chi connectivity index (χ0v) is 10.9. The normalized spacial score (nSPS) is 12.2. The second-order valence-corrected chi connectivity index (χ2v) is 4.48. The van der Waals surface area contributed by atoms with Crippen LogP contribution in [0.25, 0.3) is 0 Å². The Labute approximate surface area is 108 Å². The summed E-state index contributed by atoms with van der Waals surface area (Å²) in [5.74, 6) is -0.340. The van der Waals surface area contributed by atoms with E-state index in [4.69, 9.17) is 16.2 Å². The number of hydrogen-bond donors (Lipinski definition) is 2. The van der Waals surface area contributed by atoms with E-state index < -0.39 is 6.04 Å². The third-order valence-corrected chi connectivity index (χ3v) is 2.77. The summed E-state index contributed by atoms with van der Waals surface area (Å²) < 4.78 is 5.17. The molecule has 0 saturated heterocycles. The zero-order valence-electron chi connectivity index (χ0n) is 10.9. The van der Waals surface area contributed by atoms with Gasteiger partial charge in [0.2, 0.25) is 0 Å². The minimum atomic E-state index is -0.540.